The Balaban J connectivity index is 0.00000225. The van der Waals surface area contributed by atoms with Gasteiger partial charge in [-0.3, -0.25) is 0 Å². The van der Waals surface area contributed by atoms with Crippen LogP contribution in [0, 0.1) is 0 Å². The highest BCUT2D eigenvalue weighted by Crippen LogP contribution is 2.25. The summed E-state index contributed by atoms with van der Waals surface area (Å²) in [7, 11) is -1.55. The lowest BCUT2D eigenvalue weighted by Crippen LogP contribution is -2.36. The number of hydrogen-bond donors (Lipinski definition) is 2. The first kappa shape index (κ1) is 16.3. The summed E-state index contributed by atoms with van der Waals surface area (Å²) in [6.45, 7) is 2.29. The fourth-order valence-electron chi connectivity index (χ4n) is 0.850. The van der Waals surface area contributed by atoms with Crippen LogP contribution in [0.2, 0.25) is 0 Å². The van der Waals surface area contributed by atoms with Gasteiger partial charge in [-0.1, -0.05) is 0 Å². The molecule has 0 saturated carbocycles. The van der Waals surface area contributed by atoms with Crippen LogP contribution < -0.4 is 10.0 Å². The summed E-state index contributed by atoms with van der Waals surface area (Å²) in [5.41, 5.74) is 0. The molecule has 0 aliphatic carbocycles. The molecule has 2 N–H and O–H groups in total. The molecule has 1 aromatic rings. The van der Waals surface area contributed by atoms with E-state index in [0.29, 0.717) is 10.8 Å². The van der Waals surface area contributed by atoms with Crippen molar-refractivity contribution >= 4 is 49.7 Å². The van der Waals surface area contributed by atoms with E-state index in [1.165, 1.54) is 11.3 Å². The number of halogens is 2. The molecule has 1 unspecified atom stereocenters. The summed E-state index contributed by atoms with van der Waals surface area (Å²) >= 11 is 4.43. The summed E-state index contributed by atoms with van der Waals surface area (Å²) in [6, 6.07) is 3.42. The number of thiophene rings is 1. The van der Waals surface area contributed by atoms with E-state index in [1.54, 1.807) is 19.2 Å². The number of rotatable bonds is 5. The van der Waals surface area contributed by atoms with Gasteiger partial charge in [0, 0.05) is 12.6 Å². The summed E-state index contributed by atoms with van der Waals surface area (Å²) < 4.78 is 27.1. The Kier molecular flexibility index (Phi) is 7.07. The van der Waals surface area contributed by atoms with Gasteiger partial charge in [0.1, 0.15) is 4.21 Å². The molecule has 1 aromatic heterocycles. The van der Waals surface area contributed by atoms with Crippen molar-refractivity contribution in [3.05, 3.63) is 15.9 Å². The monoisotopic (exact) mass is 348 g/mol. The second-order valence-electron chi connectivity index (χ2n) is 3.10. The number of likely N-dealkylation sites (N-methyl/N-ethyl adjacent to an activating group) is 1. The van der Waals surface area contributed by atoms with E-state index in [0.717, 1.165) is 3.79 Å². The van der Waals surface area contributed by atoms with Crippen molar-refractivity contribution in [3.8, 4) is 0 Å². The molecule has 0 aliphatic rings. The van der Waals surface area contributed by atoms with Crippen LogP contribution in [0.4, 0.5) is 0 Å². The smallest absolute Gasteiger partial charge is 0.250 e. The summed E-state index contributed by atoms with van der Waals surface area (Å²) in [5.74, 6) is 0. The fraction of sp³-hybridized carbons (Fsp3) is 0.500. The molecule has 0 saturated heterocycles. The van der Waals surface area contributed by atoms with Crippen LogP contribution in [-0.4, -0.2) is 28.1 Å². The minimum Gasteiger partial charge on any atom is -0.316 e. The summed E-state index contributed by atoms with van der Waals surface area (Å²) in [6.07, 6.45) is 0. The molecule has 4 nitrogen and oxygen atoms in total. The first-order chi connectivity index (χ1) is 6.95. The maximum absolute atomic E-state index is 11.7. The van der Waals surface area contributed by atoms with Gasteiger partial charge in [-0.2, -0.15) is 0 Å². The van der Waals surface area contributed by atoms with Gasteiger partial charge in [0.05, 0.1) is 3.79 Å². The number of nitrogens with one attached hydrogen (secondary N) is 2. The molecular weight excluding hydrogens is 336 g/mol. The Morgan fingerprint density at radius 3 is 2.56 bits per heavy atom. The Morgan fingerprint density at radius 2 is 2.12 bits per heavy atom. The molecule has 0 radical (unpaired) electrons. The third-order valence-electron chi connectivity index (χ3n) is 1.89. The van der Waals surface area contributed by atoms with E-state index >= 15 is 0 Å². The van der Waals surface area contributed by atoms with Crippen molar-refractivity contribution in [2.45, 2.75) is 17.2 Å². The maximum Gasteiger partial charge on any atom is 0.250 e. The minimum atomic E-state index is -3.35. The van der Waals surface area contributed by atoms with Gasteiger partial charge in [-0.05, 0) is 42.0 Å². The second kappa shape index (κ2) is 6.93. The van der Waals surface area contributed by atoms with E-state index in [4.69, 9.17) is 0 Å². The van der Waals surface area contributed by atoms with Crippen molar-refractivity contribution in [3.63, 3.8) is 0 Å². The summed E-state index contributed by atoms with van der Waals surface area (Å²) in [5, 5.41) is 2.96. The van der Waals surface area contributed by atoms with E-state index in [-0.39, 0.29) is 18.4 Å². The molecule has 1 heterocycles. The van der Waals surface area contributed by atoms with Crippen LogP contribution >= 0.6 is 39.7 Å². The standard InChI is InChI=1S/C8H13BrN2O2S2.ClH/c1-6(10-2)5-11-15(12,13)8-4-3-7(9)14-8;/h3-4,6,10-11H,5H2,1-2H3;1H. The molecule has 0 bridgehead atoms. The predicted octanol–water partition coefficient (Wildman–Crippen LogP) is 1.82. The highest BCUT2D eigenvalue weighted by molar-refractivity contribution is 9.11. The Bertz CT molecular complexity index is 421. The van der Waals surface area contributed by atoms with Gasteiger partial charge in [0.2, 0.25) is 10.0 Å². The topological polar surface area (TPSA) is 58.2 Å². The van der Waals surface area contributed by atoms with Crippen LogP contribution in [0.15, 0.2) is 20.1 Å². The molecule has 1 rings (SSSR count). The van der Waals surface area contributed by atoms with Crippen molar-refractivity contribution in [2.75, 3.05) is 13.6 Å². The van der Waals surface area contributed by atoms with Crippen LogP contribution in [0.25, 0.3) is 0 Å². The zero-order chi connectivity index (χ0) is 11.5. The van der Waals surface area contributed by atoms with Crippen molar-refractivity contribution < 1.29 is 8.42 Å². The fourth-order valence-corrected chi connectivity index (χ4v) is 4.03. The van der Waals surface area contributed by atoms with Crippen LogP contribution in [0.3, 0.4) is 0 Å². The highest BCUT2D eigenvalue weighted by Gasteiger charge is 2.16. The van der Waals surface area contributed by atoms with Crippen molar-refractivity contribution in [2.24, 2.45) is 0 Å². The molecule has 16 heavy (non-hydrogen) atoms. The number of sulfonamides is 1. The zero-order valence-electron chi connectivity index (χ0n) is 8.86. The molecule has 0 fully saturated rings. The zero-order valence-corrected chi connectivity index (χ0v) is 12.9. The second-order valence-corrected chi connectivity index (χ2v) is 7.56. The number of hydrogen-bond acceptors (Lipinski definition) is 4. The lowest BCUT2D eigenvalue weighted by atomic mass is 10.4. The normalized spacial score (nSPS) is 13.2. The largest absolute Gasteiger partial charge is 0.316 e. The Labute approximate surface area is 114 Å². The first-order valence-corrected chi connectivity index (χ1v) is 7.47. The minimum absolute atomic E-state index is 0. The highest BCUT2D eigenvalue weighted by atomic mass is 79.9. The van der Waals surface area contributed by atoms with Crippen LogP contribution in [0.1, 0.15) is 6.92 Å². The molecule has 8 heteroatoms. The SMILES string of the molecule is CNC(C)CNS(=O)(=O)c1ccc(Br)s1.Cl. The van der Waals surface area contributed by atoms with E-state index in [2.05, 4.69) is 26.0 Å². The molecule has 0 spiro atoms. The van der Waals surface area contributed by atoms with Gasteiger partial charge >= 0.3 is 0 Å². The quantitative estimate of drug-likeness (QED) is 0.852. The third-order valence-corrected chi connectivity index (χ3v) is 5.42. The van der Waals surface area contributed by atoms with Crippen LogP contribution in [0.5, 0.6) is 0 Å². The van der Waals surface area contributed by atoms with Crippen LogP contribution in [-0.2, 0) is 10.0 Å². The van der Waals surface area contributed by atoms with Gasteiger partial charge in [-0.15, -0.1) is 23.7 Å². The molecular formula is C8H14BrClN2O2S2. The molecule has 0 aromatic carbocycles. The van der Waals surface area contributed by atoms with E-state index in [9.17, 15) is 8.42 Å². The molecule has 0 amide bonds. The van der Waals surface area contributed by atoms with E-state index in [1.807, 2.05) is 6.92 Å². The Morgan fingerprint density at radius 1 is 1.50 bits per heavy atom. The maximum atomic E-state index is 11.7. The Hall–Kier alpha value is 0.340. The summed E-state index contributed by atoms with van der Waals surface area (Å²) in [4.78, 5) is 0. The van der Waals surface area contributed by atoms with Crippen molar-refractivity contribution in [1.29, 1.82) is 0 Å². The van der Waals surface area contributed by atoms with Gasteiger partial charge in [0.15, 0.2) is 0 Å². The van der Waals surface area contributed by atoms with Gasteiger partial charge in [0.25, 0.3) is 0 Å². The molecule has 94 valence electrons. The van der Waals surface area contributed by atoms with E-state index < -0.39 is 10.0 Å². The lowest BCUT2D eigenvalue weighted by molar-refractivity contribution is 0.556. The third kappa shape index (κ3) is 4.68. The van der Waals surface area contributed by atoms with Crippen molar-refractivity contribution in [1.82, 2.24) is 10.0 Å². The lowest BCUT2D eigenvalue weighted by Gasteiger charge is -2.10. The van der Waals surface area contributed by atoms with Gasteiger partial charge in [-0.25, -0.2) is 13.1 Å². The first-order valence-electron chi connectivity index (χ1n) is 4.38. The molecule has 0 aliphatic heterocycles. The van der Waals surface area contributed by atoms with Gasteiger partial charge < -0.3 is 5.32 Å². The predicted molar refractivity (Wildman–Crippen MR) is 73.0 cm³/mol. The average Bonchev–Trinajstić information content (AvgIpc) is 2.62. The average molecular weight is 350 g/mol. The molecule has 1 atom stereocenters.